The molecule has 0 spiro atoms. The highest BCUT2D eigenvalue weighted by molar-refractivity contribution is 5.74. The first-order chi connectivity index (χ1) is 44.1. The van der Waals surface area contributed by atoms with Crippen LogP contribution in [0.3, 0.4) is 0 Å². The molecule has 9 heteroatoms. The predicted molar refractivity (Wildman–Crippen MR) is 381 cm³/mol. The van der Waals surface area contributed by atoms with Crippen LogP contribution < -0.4 is 28.4 Å². The second-order valence-corrected chi connectivity index (χ2v) is 26.1. The van der Waals surface area contributed by atoms with Crippen molar-refractivity contribution in [2.24, 2.45) is 0 Å². The molecule has 9 nitrogen and oxygen atoms in total. The highest BCUT2D eigenvalue weighted by Gasteiger charge is 2.25. The molecule has 0 unspecified atom stereocenters. The zero-order chi connectivity index (χ0) is 63.1. The van der Waals surface area contributed by atoms with Gasteiger partial charge in [0.05, 0.1) is 39.6 Å². The largest absolute Gasteiger partial charge is 0.490 e. The molecular weight excluding hydrogens is 1100 g/mol. The van der Waals surface area contributed by atoms with Crippen LogP contribution in [0.25, 0.3) is 28.5 Å². The van der Waals surface area contributed by atoms with E-state index in [0.717, 1.165) is 93.9 Å². The number of rotatable bonds is 63. The second-order valence-electron chi connectivity index (χ2n) is 26.1. The van der Waals surface area contributed by atoms with Crippen molar-refractivity contribution >= 4 is 0 Å². The third kappa shape index (κ3) is 34.7. The van der Waals surface area contributed by atoms with Crippen molar-refractivity contribution in [2.45, 2.75) is 350 Å². The van der Waals surface area contributed by atoms with Crippen LogP contribution in [0, 0.1) is 0 Å². The van der Waals surface area contributed by atoms with E-state index in [0.29, 0.717) is 85.8 Å². The first-order valence-corrected chi connectivity index (χ1v) is 38.2. The van der Waals surface area contributed by atoms with Crippen LogP contribution in [0.2, 0.25) is 0 Å². The maximum absolute atomic E-state index is 6.92. The molecule has 0 aliphatic heterocycles. The van der Waals surface area contributed by atoms with Crippen LogP contribution >= 0.6 is 0 Å². The normalized spacial score (nSPS) is 11.4. The Morgan fingerprint density at radius 2 is 0.449 bits per heavy atom. The molecule has 0 bridgehead atoms. The van der Waals surface area contributed by atoms with Crippen molar-refractivity contribution in [3.05, 3.63) is 54.6 Å². The average molecular weight is 1230 g/mol. The standard InChI is InChI=1S/C80H135N3O6/c1-7-13-19-25-31-37-43-52-60-84-73-66-70(67-74(85-61-53-44-38-32-26-20-14-8-2)77(73)88-64-56-47-41-35-29-23-17-11-5)79-81-82-80(83(79)72-58-50-49-51-59-72)71-68-75(86-62-54-45-39-33-27-21-15-9-3)78(89-65-57-48-42-36-30-24-18-12-6)76(69-71)87-63-55-46-40-34-28-22-16-10-4/h49-51,58-59,66-69H,7-48,52-57,60-65H2,1-6H3. The Labute approximate surface area is 547 Å². The number of hydrogen-bond donors (Lipinski definition) is 0. The Kier molecular flexibility index (Phi) is 46.9. The van der Waals surface area contributed by atoms with Crippen LogP contribution in [-0.4, -0.2) is 54.4 Å². The molecular formula is C80H135N3O6. The molecule has 506 valence electrons. The van der Waals surface area contributed by atoms with Gasteiger partial charge in [0, 0.05) is 16.8 Å². The summed E-state index contributed by atoms with van der Waals surface area (Å²) in [4.78, 5) is 0. The molecule has 4 rings (SSSR count). The van der Waals surface area contributed by atoms with E-state index in [1.807, 2.05) is 0 Å². The third-order valence-electron chi connectivity index (χ3n) is 17.7. The smallest absolute Gasteiger partial charge is 0.203 e. The van der Waals surface area contributed by atoms with E-state index >= 15 is 0 Å². The van der Waals surface area contributed by atoms with Gasteiger partial charge in [-0.05, 0) is 74.9 Å². The Hall–Kier alpha value is -4.40. The summed E-state index contributed by atoms with van der Waals surface area (Å²) < 4.78 is 43.6. The molecule has 0 radical (unpaired) electrons. The highest BCUT2D eigenvalue weighted by atomic mass is 16.5. The van der Waals surface area contributed by atoms with Gasteiger partial charge in [0.25, 0.3) is 0 Å². The van der Waals surface area contributed by atoms with E-state index in [4.69, 9.17) is 38.6 Å². The Morgan fingerprint density at radius 1 is 0.247 bits per heavy atom. The van der Waals surface area contributed by atoms with Crippen LogP contribution in [0.4, 0.5) is 0 Å². The van der Waals surface area contributed by atoms with Crippen LogP contribution in [0.5, 0.6) is 34.5 Å². The van der Waals surface area contributed by atoms with E-state index in [1.54, 1.807) is 0 Å². The summed E-state index contributed by atoms with van der Waals surface area (Å²) in [6.45, 7) is 17.4. The zero-order valence-corrected chi connectivity index (χ0v) is 58.7. The number of aromatic nitrogens is 3. The number of hydrogen-bond acceptors (Lipinski definition) is 8. The number of ether oxygens (including phenoxy) is 6. The maximum Gasteiger partial charge on any atom is 0.203 e. The molecule has 4 aromatic rings. The molecule has 1 heterocycles. The number of para-hydroxylation sites is 1. The van der Waals surface area contributed by atoms with Gasteiger partial charge in [-0.15, -0.1) is 10.2 Å². The summed E-state index contributed by atoms with van der Waals surface area (Å²) in [5, 5.41) is 10.3. The summed E-state index contributed by atoms with van der Waals surface area (Å²) in [5.41, 5.74) is 2.69. The quantitative estimate of drug-likeness (QED) is 0.0404. The van der Waals surface area contributed by atoms with Gasteiger partial charge in [-0.3, -0.25) is 4.57 Å². The van der Waals surface area contributed by atoms with Gasteiger partial charge in [-0.25, -0.2) is 0 Å². The Bertz CT molecular complexity index is 2020. The lowest BCUT2D eigenvalue weighted by Crippen LogP contribution is -2.08. The van der Waals surface area contributed by atoms with Crippen molar-refractivity contribution < 1.29 is 28.4 Å². The number of nitrogens with zero attached hydrogens (tertiary/aromatic N) is 3. The van der Waals surface area contributed by atoms with E-state index in [9.17, 15) is 0 Å². The van der Waals surface area contributed by atoms with Crippen molar-refractivity contribution in [3.63, 3.8) is 0 Å². The van der Waals surface area contributed by atoms with Gasteiger partial charge in [0.15, 0.2) is 34.6 Å². The van der Waals surface area contributed by atoms with E-state index in [1.165, 1.54) is 231 Å². The van der Waals surface area contributed by atoms with Gasteiger partial charge in [-0.2, -0.15) is 0 Å². The minimum atomic E-state index is 0.609. The van der Waals surface area contributed by atoms with E-state index in [2.05, 4.69) is 101 Å². The lowest BCUT2D eigenvalue weighted by atomic mass is 10.1. The molecule has 0 saturated heterocycles. The minimum absolute atomic E-state index is 0.609. The van der Waals surface area contributed by atoms with E-state index < -0.39 is 0 Å². The minimum Gasteiger partial charge on any atom is -0.490 e. The molecule has 1 aromatic heterocycles. The molecule has 0 aliphatic carbocycles. The van der Waals surface area contributed by atoms with Gasteiger partial charge in [-0.1, -0.05) is 329 Å². The van der Waals surface area contributed by atoms with Crippen molar-refractivity contribution in [2.75, 3.05) is 39.6 Å². The zero-order valence-electron chi connectivity index (χ0n) is 58.7. The fourth-order valence-corrected chi connectivity index (χ4v) is 12.1. The first-order valence-electron chi connectivity index (χ1n) is 38.2. The molecule has 0 aliphatic rings. The Balaban J connectivity index is 1.81. The maximum atomic E-state index is 6.92. The lowest BCUT2D eigenvalue weighted by molar-refractivity contribution is 0.234. The SMILES string of the molecule is CCCCCCCCCCOc1cc(-c2nnc(-c3cc(OCCCCCCCCCC)c(OCCCCCCCCCC)c(OCCCCCCCCCC)c3)n2-c2ccccc2)cc(OCCCCCCCCCC)c1OCCCCCCCCCC. The van der Waals surface area contributed by atoms with Gasteiger partial charge in [0.2, 0.25) is 11.5 Å². The van der Waals surface area contributed by atoms with Crippen molar-refractivity contribution in [1.82, 2.24) is 14.8 Å². The Morgan fingerprint density at radius 3 is 0.674 bits per heavy atom. The molecule has 0 fully saturated rings. The second kappa shape index (κ2) is 54.2. The molecule has 0 atom stereocenters. The summed E-state index contributed by atoms with van der Waals surface area (Å²) in [6.07, 6.45) is 59.5. The molecule has 3 aromatic carbocycles. The average Bonchev–Trinajstić information content (AvgIpc) is 3.46. The number of unbranched alkanes of at least 4 members (excludes halogenated alkanes) is 42. The first kappa shape index (κ1) is 77.1. The van der Waals surface area contributed by atoms with Crippen molar-refractivity contribution in [1.29, 1.82) is 0 Å². The molecule has 0 N–H and O–H groups in total. The van der Waals surface area contributed by atoms with Gasteiger partial charge < -0.3 is 28.4 Å². The molecule has 0 amide bonds. The molecule has 89 heavy (non-hydrogen) atoms. The van der Waals surface area contributed by atoms with Crippen LogP contribution in [0.15, 0.2) is 54.6 Å². The molecule has 0 saturated carbocycles. The van der Waals surface area contributed by atoms with Crippen molar-refractivity contribution in [3.8, 4) is 63.0 Å². The highest BCUT2D eigenvalue weighted by Crippen LogP contribution is 2.46. The van der Waals surface area contributed by atoms with Crippen LogP contribution in [0.1, 0.15) is 350 Å². The van der Waals surface area contributed by atoms with Gasteiger partial charge >= 0.3 is 0 Å². The van der Waals surface area contributed by atoms with Crippen LogP contribution in [-0.2, 0) is 0 Å². The summed E-state index contributed by atoms with van der Waals surface area (Å²) in [5.74, 6) is 5.68. The number of benzene rings is 3. The summed E-state index contributed by atoms with van der Waals surface area (Å²) in [7, 11) is 0. The van der Waals surface area contributed by atoms with Gasteiger partial charge in [0.1, 0.15) is 0 Å². The fourth-order valence-electron chi connectivity index (χ4n) is 12.1. The van der Waals surface area contributed by atoms with E-state index in [-0.39, 0.29) is 0 Å². The summed E-state index contributed by atoms with van der Waals surface area (Å²) >= 11 is 0. The lowest BCUT2D eigenvalue weighted by Gasteiger charge is -2.20. The topological polar surface area (TPSA) is 86.1 Å². The fraction of sp³-hybridized carbons (Fsp3) is 0.750. The third-order valence-corrected chi connectivity index (χ3v) is 17.7. The predicted octanol–water partition coefficient (Wildman–Crippen LogP) is 25.7. The summed E-state index contributed by atoms with van der Waals surface area (Å²) in [6, 6.07) is 19.1. The monoisotopic (exact) mass is 1230 g/mol.